The number of benzene rings is 3. The van der Waals surface area contributed by atoms with Crippen LogP contribution in [0.15, 0.2) is 71.6 Å². The van der Waals surface area contributed by atoms with Gasteiger partial charge in [-0.25, -0.2) is 0 Å². The third kappa shape index (κ3) is 4.93. The van der Waals surface area contributed by atoms with Gasteiger partial charge < -0.3 is 0 Å². The van der Waals surface area contributed by atoms with Gasteiger partial charge in [0.25, 0.3) is 10.1 Å². The molecule has 3 nitrogen and oxygen atoms in total. The second kappa shape index (κ2) is 9.32. The summed E-state index contributed by atoms with van der Waals surface area (Å²) in [6, 6.07) is 22.0. The molecule has 1 aliphatic rings. The summed E-state index contributed by atoms with van der Waals surface area (Å²) in [6.07, 6.45) is 6.83. The Balaban J connectivity index is 1.36. The van der Waals surface area contributed by atoms with Crippen molar-refractivity contribution in [2.75, 3.05) is 0 Å². The van der Waals surface area contributed by atoms with E-state index >= 15 is 0 Å². The predicted molar refractivity (Wildman–Crippen MR) is 122 cm³/mol. The van der Waals surface area contributed by atoms with Crippen LogP contribution < -0.4 is 0 Å². The van der Waals surface area contributed by atoms with Gasteiger partial charge in [-0.1, -0.05) is 67.9 Å². The van der Waals surface area contributed by atoms with Crippen LogP contribution in [0, 0.1) is 0 Å². The molecule has 0 radical (unpaired) electrons. The highest BCUT2D eigenvalue weighted by Crippen LogP contribution is 2.35. The molecular weight excluding hydrogens is 392 g/mol. The average molecular weight is 423 g/mol. The van der Waals surface area contributed by atoms with Crippen molar-refractivity contribution in [3.63, 3.8) is 0 Å². The number of unbranched alkanes of at least 4 members (excludes halogenated alkanes) is 1. The van der Waals surface area contributed by atoms with Crippen molar-refractivity contribution >= 4 is 20.9 Å². The van der Waals surface area contributed by atoms with E-state index in [0.29, 0.717) is 5.92 Å². The normalized spacial score (nSPS) is 19.8. The van der Waals surface area contributed by atoms with Gasteiger partial charge in [-0.2, -0.15) is 8.42 Å². The van der Waals surface area contributed by atoms with E-state index in [4.69, 9.17) is 4.18 Å². The van der Waals surface area contributed by atoms with E-state index < -0.39 is 10.1 Å². The summed E-state index contributed by atoms with van der Waals surface area (Å²) in [7, 11) is -3.75. The molecule has 1 aliphatic carbocycles. The average Bonchev–Trinajstić information content (AvgIpc) is 2.78. The second-order valence-electron chi connectivity index (χ2n) is 8.38. The van der Waals surface area contributed by atoms with Gasteiger partial charge in [-0.3, -0.25) is 4.18 Å². The van der Waals surface area contributed by atoms with Crippen LogP contribution in [0.3, 0.4) is 0 Å². The maximum Gasteiger partial charge on any atom is 0.297 e. The smallest absolute Gasteiger partial charge is 0.263 e. The monoisotopic (exact) mass is 422 g/mol. The summed E-state index contributed by atoms with van der Waals surface area (Å²) in [5.74, 6) is 0.494. The van der Waals surface area contributed by atoms with Gasteiger partial charge in [0.05, 0.1) is 11.0 Å². The Hall–Kier alpha value is -2.17. The first kappa shape index (κ1) is 21.1. The van der Waals surface area contributed by atoms with Crippen molar-refractivity contribution in [2.24, 2.45) is 0 Å². The van der Waals surface area contributed by atoms with Crippen LogP contribution in [0.2, 0.25) is 0 Å². The lowest BCUT2D eigenvalue weighted by atomic mass is 9.82. The van der Waals surface area contributed by atoms with Crippen LogP contribution in [-0.2, 0) is 20.7 Å². The Kier molecular flexibility index (Phi) is 6.55. The molecule has 0 amide bonds. The van der Waals surface area contributed by atoms with Crippen molar-refractivity contribution in [3.05, 3.63) is 77.9 Å². The zero-order valence-electron chi connectivity index (χ0n) is 17.6. The van der Waals surface area contributed by atoms with E-state index in [0.717, 1.165) is 42.9 Å². The molecule has 1 saturated carbocycles. The van der Waals surface area contributed by atoms with Crippen LogP contribution in [0.25, 0.3) is 10.8 Å². The minimum Gasteiger partial charge on any atom is -0.263 e. The summed E-state index contributed by atoms with van der Waals surface area (Å²) in [5.41, 5.74) is 2.77. The zero-order valence-corrected chi connectivity index (χ0v) is 18.4. The molecule has 1 fully saturated rings. The van der Waals surface area contributed by atoms with Crippen molar-refractivity contribution in [3.8, 4) is 0 Å². The first-order valence-electron chi connectivity index (χ1n) is 11.1. The van der Waals surface area contributed by atoms with Gasteiger partial charge >= 0.3 is 0 Å². The lowest BCUT2D eigenvalue weighted by molar-refractivity contribution is 0.153. The molecule has 0 atom stereocenters. The highest BCUT2D eigenvalue weighted by atomic mass is 32.2. The molecule has 3 aromatic rings. The predicted octanol–water partition coefficient (Wildman–Crippen LogP) is 6.61. The Morgan fingerprint density at radius 2 is 1.57 bits per heavy atom. The Labute approximate surface area is 180 Å². The SMILES string of the molecule is CCCCc1ccc(C2CCC(OS(=O)(=O)c3ccc4ccccc4c3)CC2)cc1. The highest BCUT2D eigenvalue weighted by Gasteiger charge is 2.28. The lowest BCUT2D eigenvalue weighted by Crippen LogP contribution is -2.24. The van der Waals surface area contributed by atoms with Crippen molar-refractivity contribution < 1.29 is 12.6 Å². The van der Waals surface area contributed by atoms with Crippen LogP contribution in [0.4, 0.5) is 0 Å². The van der Waals surface area contributed by atoms with Gasteiger partial charge in [-0.15, -0.1) is 0 Å². The molecule has 0 heterocycles. The molecule has 0 spiro atoms. The van der Waals surface area contributed by atoms with Gasteiger partial charge in [-0.05, 0) is 78.5 Å². The number of hydrogen-bond donors (Lipinski definition) is 0. The molecule has 4 rings (SSSR count). The fraction of sp³-hybridized carbons (Fsp3) is 0.385. The maximum atomic E-state index is 12.8. The second-order valence-corrected chi connectivity index (χ2v) is 9.95. The molecule has 0 bridgehead atoms. The summed E-state index contributed by atoms with van der Waals surface area (Å²) in [4.78, 5) is 0.242. The summed E-state index contributed by atoms with van der Waals surface area (Å²) in [6.45, 7) is 2.22. The van der Waals surface area contributed by atoms with Gasteiger partial charge in [0.2, 0.25) is 0 Å². The molecular formula is C26H30O3S. The molecule has 4 heteroatoms. The van der Waals surface area contributed by atoms with Crippen LogP contribution in [0.1, 0.15) is 62.5 Å². The largest absolute Gasteiger partial charge is 0.297 e. The third-order valence-corrected chi connectivity index (χ3v) is 7.57. The summed E-state index contributed by atoms with van der Waals surface area (Å²) in [5, 5.41) is 1.94. The standard InChI is InChI=1S/C26H30O3S/c1-2-3-6-20-9-11-22(12-10-20)23-13-16-25(17-14-23)29-30(27,28)26-18-15-21-7-4-5-8-24(21)19-26/h4-5,7-12,15,18-19,23,25H,2-3,6,13-14,16-17H2,1H3. The minimum atomic E-state index is -3.75. The number of fused-ring (bicyclic) bond motifs is 1. The molecule has 0 aromatic heterocycles. The molecule has 0 unspecified atom stereocenters. The molecule has 0 saturated heterocycles. The molecule has 0 N–H and O–H groups in total. The fourth-order valence-electron chi connectivity index (χ4n) is 4.39. The lowest BCUT2D eigenvalue weighted by Gasteiger charge is -2.28. The first-order valence-corrected chi connectivity index (χ1v) is 12.5. The van der Waals surface area contributed by atoms with E-state index in [1.54, 1.807) is 12.1 Å². The van der Waals surface area contributed by atoms with Crippen LogP contribution in [0.5, 0.6) is 0 Å². The van der Waals surface area contributed by atoms with Crippen LogP contribution >= 0.6 is 0 Å². The van der Waals surface area contributed by atoms with Crippen molar-refractivity contribution in [1.29, 1.82) is 0 Å². The fourth-order valence-corrected chi connectivity index (χ4v) is 5.56. The van der Waals surface area contributed by atoms with Gasteiger partial charge in [0.1, 0.15) is 0 Å². The maximum absolute atomic E-state index is 12.8. The number of hydrogen-bond acceptors (Lipinski definition) is 3. The molecule has 158 valence electrons. The summed E-state index contributed by atoms with van der Waals surface area (Å²) < 4.78 is 31.2. The number of aryl methyl sites for hydroxylation is 1. The van der Waals surface area contributed by atoms with E-state index in [1.807, 2.05) is 30.3 Å². The Morgan fingerprint density at radius 3 is 2.27 bits per heavy atom. The van der Waals surface area contributed by atoms with E-state index in [9.17, 15) is 8.42 Å². The quantitative estimate of drug-likeness (QED) is 0.402. The Morgan fingerprint density at radius 1 is 0.867 bits per heavy atom. The van der Waals surface area contributed by atoms with Crippen molar-refractivity contribution in [2.45, 2.75) is 68.8 Å². The van der Waals surface area contributed by atoms with E-state index in [1.165, 1.54) is 24.0 Å². The molecule has 3 aromatic carbocycles. The Bertz CT molecular complexity index is 1080. The zero-order chi connectivity index (χ0) is 21.0. The highest BCUT2D eigenvalue weighted by molar-refractivity contribution is 7.86. The van der Waals surface area contributed by atoms with E-state index in [2.05, 4.69) is 31.2 Å². The molecule has 30 heavy (non-hydrogen) atoms. The number of rotatable bonds is 7. The van der Waals surface area contributed by atoms with E-state index in [-0.39, 0.29) is 11.0 Å². The summed E-state index contributed by atoms with van der Waals surface area (Å²) >= 11 is 0. The minimum absolute atomic E-state index is 0.235. The van der Waals surface area contributed by atoms with Crippen molar-refractivity contribution in [1.82, 2.24) is 0 Å². The topological polar surface area (TPSA) is 43.4 Å². The van der Waals surface area contributed by atoms with Gasteiger partial charge in [0, 0.05) is 0 Å². The molecule has 0 aliphatic heterocycles. The van der Waals surface area contributed by atoms with Crippen LogP contribution in [-0.4, -0.2) is 14.5 Å². The van der Waals surface area contributed by atoms with Gasteiger partial charge in [0.15, 0.2) is 0 Å². The third-order valence-electron chi connectivity index (χ3n) is 6.22. The first-order chi connectivity index (χ1) is 14.5.